The van der Waals surface area contributed by atoms with E-state index in [1.165, 1.54) is 11.3 Å². The average molecular weight is 213 g/mol. The van der Waals surface area contributed by atoms with Crippen LogP contribution in [0.25, 0.3) is 0 Å². The van der Waals surface area contributed by atoms with Crippen LogP contribution in [-0.4, -0.2) is 0 Å². The maximum Gasteiger partial charge on any atom is 0.0698 e. The lowest BCUT2D eigenvalue weighted by Crippen LogP contribution is -2.22. The molecule has 84 valence electrons. The molecule has 1 atom stereocenters. The summed E-state index contributed by atoms with van der Waals surface area (Å²) >= 11 is 0. The van der Waals surface area contributed by atoms with E-state index in [1.807, 2.05) is 0 Å². The maximum absolute atomic E-state index is 3.58. The highest BCUT2D eigenvalue weighted by molar-refractivity contribution is 5.29. The zero-order valence-electron chi connectivity index (χ0n) is 9.98. The van der Waals surface area contributed by atoms with Crippen molar-refractivity contribution in [1.29, 1.82) is 0 Å². The minimum Gasteiger partial charge on any atom is -0.378 e. The molecule has 0 aliphatic carbocycles. The van der Waals surface area contributed by atoms with Gasteiger partial charge in [0.1, 0.15) is 0 Å². The molecule has 1 heteroatoms. The third kappa shape index (κ3) is 2.75. The smallest absolute Gasteiger partial charge is 0.0698 e. The highest BCUT2D eigenvalue weighted by Crippen LogP contribution is 2.21. The lowest BCUT2D eigenvalue weighted by Gasteiger charge is -2.23. The second kappa shape index (κ2) is 5.02. The summed E-state index contributed by atoms with van der Waals surface area (Å²) < 4.78 is 0. The molecule has 0 bridgehead atoms. The van der Waals surface area contributed by atoms with Crippen molar-refractivity contribution in [2.45, 2.75) is 26.3 Å². The lowest BCUT2D eigenvalue weighted by atomic mass is 10.0. The van der Waals surface area contributed by atoms with Crippen molar-refractivity contribution in [3.05, 3.63) is 59.8 Å². The van der Waals surface area contributed by atoms with Crippen LogP contribution in [0, 0.1) is 5.92 Å². The Morgan fingerprint density at radius 2 is 1.94 bits per heavy atom. The number of allylic oxidation sites excluding steroid dienone is 3. The fraction of sp³-hybridized carbons (Fsp3) is 0.333. The van der Waals surface area contributed by atoms with Crippen LogP contribution in [0.1, 0.15) is 31.9 Å². The summed E-state index contributed by atoms with van der Waals surface area (Å²) in [6, 6.07) is 10.9. The second-order valence-electron chi connectivity index (χ2n) is 4.71. The van der Waals surface area contributed by atoms with Gasteiger partial charge in [0.05, 0.1) is 6.04 Å². The van der Waals surface area contributed by atoms with Crippen LogP contribution in [0.15, 0.2) is 54.3 Å². The van der Waals surface area contributed by atoms with E-state index >= 15 is 0 Å². The van der Waals surface area contributed by atoms with E-state index in [-0.39, 0.29) is 0 Å². The standard InChI is InChI=1S/C15H19N/c1-12(2)11-14-9-6-10-15(16-14)13-7-4-3-5-8-13/h3-10,12,15-16H,11H2,1-2H3. The van der Waals surface area contributed by atoms with Gasteiger partial charge in [0.2, 0.25) is 0 Å². The van der Waals surface area contributed by atoms with Crippen molar-refractivity contribution < 1.29 is 0 Å². The first-order valence-electron chi connectivity index (χ1n) is 5.94. The van der Waals surface area contributed by atoms with Gasteiger partial charge in [-0.15, -0.1) is 0 Å². The normalized spacial score (nSPS) is 19.4. The van der Waals surface area contributed by atoms with Crippen LogP contribution in [0.5, 0.6) is 0 Å². The van der Waals surface area contributed by atoms with E-state index in [9.17, 15) is 0 Å². The van der Waals surface area contributed by atoms with E-state index in [0.717, 1.165) is 6.42 Å². The maximum atomic E-state index is 3.58. The number of nitrogens with one attached hydrogen (secondary N) is 1. The molecule has 0 saturated heterocycles. The molecule has 1 aliphatic rings. The molecule has 1 aliphatic heterocycles. The quantitative estimate of drug-likeness (QED) is 0.805. The van der Waals surface area contributed by atoms with Gasteiger partial charge in [-0.05, 0) is 24.0 Å². The first-order valence-corrected chi connectivity index (χ1v) is 5.94. The van der Waals surface area contributed by atoms with Crippen molar-refractivity contribution in [2.75, 3.05) is 0 Å². The monoisotopic (exact) mass is 213 g/mol. The fourth-order valence-electron chi connectivity index (χ4n) is 2.00. The van der Waals surface area contributed by atoms with Crippen LogP contribution in [0.4, 0.5) is 0 Å². The minimum absolute atomic E-state index is 0.333. The number of dihydropyridines is 1. The van der Waals surface area contributed by atoms with Gasteiger partial charge in [-0.3, -0.25) is 0 Å². The molecule has 1 nitrogen and oxygen atoms in total. The SMILES string of the molecule is CC(C)CC1=CC=CC(c2ccccc2)N1. The molecule has 1 heterocycles. The number of rotatable bonds is 3. The molecule has 1 N–H and O–H groups in total. The second-order valence-corrected chi connectivity index (χ2v) is 4.71. The van der Waals surface area contributed by atoms with Gasteiger partial charge < -0.3 is 5.32 Å². The molecule has 1 unspecified atom stereocenters. The first-order chi connectivity index (χ1) is 7.75. The van der Waals surface area contributed by atoms with Crippen LogP contribution >= 0.6 is 0 Å². The topological polar surface area (TPSA) is 12.0 Å². The molecular weight excluding hydrogens is 194 g/mol. The number of hydrogen-bond donors (Lipinski definition) is 1. The summed E-state index contributed by atoms with van der Waals surface area (Å²) in [5.74, 6) is 0.696. The Hall–Kier alpha value is -1.50. The zero-order valence-corrected chi connectivity index (χ0v) is 9.98. The largest absolute Gasteiger partial charge is 0.378 e. The van der Waals surface area contributed by atoms with Crippen molar-refractivity contribution in [1.82, 2.24) is 5.32 Å². The molecule has 1 aromatic rings. The summed E-state index contributed by atoms with van der Waals surface area (Å²) in [5, 5.41) is 3.58. The van der Waals surface area contributed by atoms with Gasteiger partial charge in [0.25, 0.3) is 0 Å². The molecule has 0 amide bonds. The van der Waals surface area contributed by atoms with E-state index < -0.39 is 0 Å². The Labute approximate surface area is 97.9 Å². The molecule has 0 radical (unpaired) electrons. The van der Waals surface area contributed by atoms with Crippen LogP contribution in [-0.2, 0) is 0 Å². The minimum atomic E-state index is 0.333. The Balaban J connectivity index is 2.07. The van der Waals surface area contributed by atoms with Gasteiger partial charge >= 0.3 is 0 Å². The summed E-state index contributed by atoms with van der Waals surface area (Å²) in [5.41, 5.74) is 2.67. The number of benzene rings is 1. The third-order valence-electron chi connectivity index (χ3n) is 2.73. The first kappa shape index (κ1) is 11.0. The molecule has 0 spiro atoms. The zero-order chi connectivity index (χ0) is 11.4. The fourth-order valence-corrected chi connectivity index (χ4v) is 2.00. The van der Waals surface area contributed by atoms with Gasteiger partial charge in [-0.25, -0.2) is 0 Å². The Kier molecular flexibility index (Phi) is 3.45. The van der Waals surface area contributed by atoms with E-state index in [1.54, 1.807) is 0 Å². The third-order valence-corrected chi connectivity index (χ3v) is 2.73. The average Bonchev–Trinajstić information content (AvgIpc) is 2.30. The van der Waals surface area contributed by atoms with Crippen molar-refractivity contribution in [2.24, 2.45) is 5.92 Å². The number of hydrogen-bond acceptors (Lipinski definition) is 1. The Bertz CT molecular complexity index is 387. The molecular formula is C15H19N. The van der Waals surface area contributed by atoms with Crippen LogP contribution < -0.4 is 5.32 Å². The predicted octanol–water partition coefficient (Wildman–Crippen LogP) is 3.82. The van der Waals surface area contributed by atoms with E-state index in [2.05, 4.69) is 67.7 Å². The van der Waals surface area contributed by atoms with Crippen LogP contribution in [0.3, 0.4) is 0 Å². The molecule has 16 heavy (non-hydrogen) atoms. The Morgan fingerprint density at radius 1 is 1.19 bits per heavy atom. The van der Waals surface area contributed by atoms with Gasteiger partial charge in [-0.2, -0.15) is 0 Å². The van der Waals surface area contributed by atoms with Gasteiger partial charge in [0, 0.05) is 5.70 Å². The lowest BCUT2D eigenvalue weighted by molar-refractivity contribution is 0.577. The molecule has 2 rings (SSSR count). The van der Waals surface area contributed by atoms with Crippen molar-refractivity contribution >= 4 is 0 Å². The van der Waals surface area contributed by atoms with E-state index in [4.69, 9.17) is 0 Å². The summed E-state index contributed by atoms with van der Waals surface area (Å²) in [7, 11) is 0. The Morgan fingerprint density at radius 3 is 2.62 bits per heavy atom. The summed E-state index contributed by atoms with van der Waals surface area (Å²) in [6.07, 6.45) is 7.66. The van der Waals surface area contributed by atoms with Crippen LogP contribution in [0.2, 0.25) is 0 Å². The molecule has 0 aromatic heterocycles. The molecule has 0 saturated carbocycles. The van der Waals surface area contributed by atoms with Crippen molar-refractivity contribution in [3.63, 3.8) is 0 Å². The highest BCUT2D eigenvalue weighted by atomic mass is 14.9. The van der Waals surface area contributed by atoms with Gasteiger partial charge in [0.15, 0.2) is 0 Å². The summed E-state index contributed by atoms with van der Waals surface area (Å²) in [6.45, 7) is 4.50. The van der Waals surface area contributed by atoms with Gasteiger partial charge in [-0.1, -0.05) is 56.3 Å². The summed E-state index contributed by atoms with van der Waals surface area (Å²) in [4.78, 5) is 0. The highest BCUT2D eigenvalue weighted by Gasteiger charge is 2.12. The molecule has 0 fully saturated rings. The molecule has 1 aromatic carbocycles. The van der Waals surface area contributed by atoms with Crippen molar-refractivity contribution in [3.8, 4) is 0 Å². The predicted molar refractivity (Wildman–Crippen MR) is 69.0 cm³/mol. The van der Waals surface area contributed by atoms with E-state index in [0.29, 0.717) is 12.0 Å².